The molecule has 1 unspecified atom stereocenters. The second-order valence-electron chi connectivity index (χ2n) is 7.10. The summed E-state index contributed by atoms with van der Waals surface area (Å²) >= 11 is 0. The molecule has 0 bridgehead atoms. The Kier molecular flexibility index (Phi) is 6.76. The van der Waals surface area contributed by atoms with Gasteiger partial charge in [-0.1, -0.05) is 37.3 Å². The first-order valence-electron chi connectivity index (χ1n) is 9.64. The summed E-state index contributed by atoms with van der Waals surface area (Å²) in [6, 6.07) is 11.6. The Balaban J connectivity index is 1.87. The molecule has 1 amide bonds. The van der Waals surface area contributed by atoms with E-state index in [1.54, 1.807) is 7.11 Å². The van der Waals surface area contributed by atoms with E-state index in [-0.39, 0.29) is 5.91 Å². The van der Waals surface area contributed by atoms with Crippen LogP contribution in [0.25, 0.3) is 11.4 Å². The number of aromatic nitrogens is 2. The van der Waals surface area contributed by atoms with Crippen molar-refractivity contribution in [1.29, 1.82) is 0 Å². The Morgan fingerprint density at radius 2 is 2.11 bits per heavy atom. The smallest absolute Gasteiger partial charge is 0.270 e. The summed E-state index contributed by atoms with van der Waals surface area (Å²) in [4.78, 5) is 24.2. The highest BCUT2D eigenvalue weighted by Crippen LogP contribution is 2.24. The van der Waals surface area contributed by atoms with Crippen molar-refractivity contribution in [3.63, 3.8) is 0 Å². The molecule has 6 nitrogen and oxygen atoms in total. The largest absolute Gasteiger partial charge is 0.385 e. The van der Waals surface area contributed by atoms with Crippen LogP contribution >= 0.6 is 0 Å². The van der Waals surface area contributed by atoms with Crippen molar-refractivity contribution in [2.24, 2.45) is 5.92 Å². The summed E-state index contributed by atoms with van der Waals surface area (Å²) in [5.74, 6) is 1.88. The quantitative estimate of drug-likeness (QED) is 0.761. The lowest BCUT2D eigenvalue weighted by Crippen LogP contribution is -2.35. The van der Waals surface area contributed by atoms with Gasteiger partial charge in [-0.05, 0) is 25.2 Å². The average molecular weight is 368 g/mol. The van der Waals surface area contributed by atoms with Crippen LogP contribution in [0.3, 0.4) is 0 Å². The molecule has 0 radical (unpaired) electrons. The number of hydrogen-bond donors (Lipinski definition) is 1. The van der Waals surface area contributed by atoms with Crippen LogP contribution in [0.5, 0.6) is 0 Å². The molecule has 0 saturated carbocycles. The lowest BCUT2D eigenvalue weighted by molar-refractivity contribution is 0.0943. The highest BCUT2D eigenvalue weighted by Gasteiger charge is 2.21. The minimum atomic E-state index is -0.169. The van der Waals surface area contributed by atoms with Gasteiger partial charge in [0.25, 0.3) is 5.91 Å². The molecule has 3 rings (SSSR count). The normalized spacial score (nSPS) is 17.0. The Hall–Kier alpha value is -2.47. The summed E-state index contributed by atoms with van der Waals surface area (Å²) in [6.07, 6.45) is 3.15. The number of hydrogen-bond acceptors (Lipinski definition) is 5. The molecule has 2 heterocycles. The molecule has 6 heteroatoms. The summed E-state index contributed by atoms with van der Waals surface area (Å²) in [5, 5.41) is 2.92. The standard InChI is InChI=1S/C21H28N4O2/c1-16-8-6-12-25(15-16)19-14-18(21(26)22-11-7-13-27-2)23-20(24-19)17-9-4-3-5-10-17/h3-5,9-10,14,16H,6-8,11-13,15H2,1-2H3,(H,22,26). The van der Waals surface area contributed by atoms with E-state index in [0.717, 1.165) is 37.3 Å². The van der Waals surface area contributed by atoms with Gasteiger partial charge in [0.05, 0.1) is 0 Å². The van der Waals surface area contributed by atoms with Crippen LogP contribution < -0.4 is 10.2 Å². The molecule has 1 aliphatic heterocycles. The lowest BCUT2D eigenvalue weighted by atomic mass is 10.0. The molecule has 1 aliphatic rings. The van der Waals surface area contributed by atoms with Crippen LogP contribution in [-0.2, 0) is 4.74 Å². The maximum absolute atomic E-state index is 12.6. The number of piperidine rings is 1. The summed E-state index contributed by atoms with van der Waals surface area (Å²) in [7, 11) is 1.66. The predicted molar refractivity (Wildman–Crippen MR) is 107 cm³/mol. The minimum Gasteiger partial charge on any atom is -0.385 e. The van der Waals surface area contributed by atoms with Crippen molar-refractivity contribution in [3.05, 3.63) is 42.1 Å². The minimum absolute atomic E-state index is 0.169. The van der Waals surface area contributed by atoms with Gasteiger partial charge in [-0.3, -0.25) is 4.79 Å². The number of nitrogens with one attached hydrogen (secondary N) is 1. The molecule has 1 atom stereocenters. The van der Waals surface area contributed by atoms with E-state index in [2.05, 4.69) is 22.1 Å². The zero-order valence-electron chi connectivity index (χ0n) is 16.1. The van der Waals surface area contributed by atoms with E-state index < -0.39 is 0 Å². The molecule has 27 heavy (non-hydrogen) atoms. The number of ether oxygens (including phenoxy) is 1. The van der Waals surface area contributed by atoms with E-state index in [9.17, 15) is 4.79 Å². The molecule has 1 aromatic carbocycles. The van der Waals surface area contributed by atoms with Crippen molar-refractivity contribution in [2.45, 2.75) is 26.2 Å². The van der Waals surface area contributed by atoms with Gasteiger partial charge in [-0.15, -0.1) is 0 Å². The Labute approximate surface area is 161 Å². The number of nitrogens with zero attached hydrogens (tertiary/aromatic N) is 3. The summed E-state index contributed by atoms with van der Waals surface area (Å²) in [5.41, 5.74) is 1.33. The van der Waals surface area contributed by atoms with Gasteiger partial charge in [0, 0.05) is 45.0 Å². The van der Waals surface area contributed by atoms with Crippen LogP contribution in [0.2, 0.25) is 0 Å². The van der Waals surface area contributed by atoms with Gasteiger partial charge in [0.1, 0.15) is 11.5 Å². The lowest BCUT2D eigenvalue weighted by Gasteiger charge is -2.32. The van der Waals surface area contributed by atoms with Crippen LogP contribution in [-0.4, -0.2) is 49.2 Å². The molecule has 1 N–H and O–H groups in total. The fraction of sp³-hybridized carbons (Fsp3) is 0.476. The predicted octanol–water partition coefficient (Wildman–Crippen LogP) is 3.15. The van der Waals surface area contributed by atoms with Gasteiger partial charge >= 0.3 is 0 Å². The molecule has 2 aromatic rings. The maximum Gasteiger partial charge on any atom is 0.270 e. The zero-order valence-corrected chi connectivity index (χ0v) is 16.1. The molecule has 144 valence electrons. The Morgan fingerprint density at radius 3 is 2.85 bits per heavy atom. The number of amides is 1. The molecular weight excluding hydrogens is 340 g/mol. The number of rotatable bonds is 7. The first-order valence-corrected chi connectivity index (χ1v) is 9.64. The number of carbonyl (C=O) groups excluding carboxylic acids is 1. The zero-order chi connectivity index (χ0) is 19.1. The topological polar surface area (TPSA) is 67.3 Å². The highest BCUT2D eigenvalue weighted by atomic mass is 16.5. The number of benzene rings is 1. The van der Waals surface area contributed by atoms with Crippen molar-refractivity contribution in [3.8, 4) is 11.4 Å². The third kappa shape index (κ3) is 5.26. The SMILES string of the molecule is COCCCNC(=O)c1cc(N2CCCC(C)C2)nc(-c2ccccc2)n1. The van der Waals surface area contributed by atoms with Crippen molar-refractivity contribution in [1.82, 2.24) is 15.3 Å². The molecule has 0 aliphatic carbocycles. The van der Waals surface area contributed by atoms with Gasteiger partial charge in [-0.2, -0.15) is 0 Å². The van der Waals surface area contributed by atoms with Gasteiger partial charge in [0.15, 0.2) is 5.82 Å². The summed E-state index contributed by atoms with van der Waals surface area (Å²) in [6.45, 7) is 5.36. The number of anilines is 1. The average Bonchev–Trinajstić information content (AvgIpc) is 2.71. The molecule has 1 aromatic heterocycles. The van der Waals surface area contributed by atoms with Gasteiger partial charge in [-0.25, -0.2) is 9.97 Å². The number of carbonyl (C=O) groups is 1. The Bertz CT molecular complexity index is 751. The van der Waals surface area contributed by atoms with E-state index in [1.165, 1.54) is 6.42 Å². The fourth-order valence-electron chi connectivity index (χ4n) is 3.34. The van der Waals surface area contributed by atoms with E-state index in [4.69, 9.17) is 9.72 Å². The number of methoxy groups -OCH3 is 1. The van der Waals surface area contributed by atoms with Crippen LogP contribution in [0, 0.1) is 5.92 Å². The third-order valence-corrected chi connectivity index (χ3v) is 4.77. The van der Waals surface area contributed by atoms with Crippen molar-refractivity contribution in [2.75, 3.05) is 38.3 Å². The first kappa shape index (κ1) is 19.3. The van der Waals surface area contributed by atoms with Crippen LogP contribution in [0.15, 0.2) is 36.4 Å². The second-order valence-corrected chi connectivity index (χ2v) is 7.10. The van der Waals surface area contributed by atoms with Gasteiger partial charge < -0.3 is 15.0 Å². The third-order valence-electron chi connectivity index (χ3n) is 4.77. The fourth-order valence-corrected chi connectivity index (χ4v) is 3.34. The summed E-state index contributed by atoms with van der Waals surface area (Å²) < 4.78 is 5.03. The molecule has 1 fully saturated rings. The Morgan fingerprint density at radius 1 is 1.30 bits per heavy atom. The van der Waals surface area contributed by atoms with Crippen molar-refractivity contribution >= 4 is 11.7 Å². The second kappa shape index (κ2) is 9.46. The van der Waals surface area contributed by atoms with Crippen LogP contribution in [0.1, 0.15) is 36.7 Å². The monoisotopic (exact) mass is 368 g/mol. The van der Waals surface area contributed by atoms with Crippen molar-refractivity contribution < 1.29 is 9.53 Å². The van der Waals surface area contributed by atoms with E-state index >= 15 is 0 Å². The van der Waals surface area contributed by atoms with E-state index in [0.29, 0.717) is 30.6 Å². The van der Waals surface area contributed by atoms with E-state index in [1.807, 2.05) is 36.4 Å². The maximum atomic E-state index is 12.6. The first-order chi connectivity index (χ1) is 13.2. The molecule has 1 saturated heterocycles. The molecule has 0 spiro atoms. The van der Waals surface area contributed by atoms with Crippen LogP contribution in [0.4, 0.5) is 5.82 Å². The van der Waals surface area contributed by atoms with Gasteiger partial charge in [0.2, 0.25) is 0 Å². The highest BCUT2D eigenvalue weighted by molar-refractivity contribution is 5.93. The molecular formula is C21H28N4O2.